The molecule has 5 aromatic rings. The van der Waals surface area contributed by atoms with Crippen molar-refractivity contribution in [2.24, 2.45) is 21.3 Å². The van der Waals surface area contributed by atoms with E-state index >= 15 is 0 Å². The standard InChI is InChI=1S/C55H68N8O8/c1-10-62-47-19-17-38-27-42(47)43(51(62)44-31-56-22-20-40(44)32-68-7)29-55(4,5)33-71-54(67)45-15-12-24-63(60-45)53(66)46(26-36-13-11-14-37(38)25-36)59-52(65)50(35(2)3)61(6)49(64)21-23-57-34-58-30-39-16-18-41(69-8)28-48(39)70-9/h11,13-14,16-20,22,25,27-28,31,35,45-46,50,60H,10,12,15,21,23-24,26,29-30,32-33H2,1-9H3,(H,59,65)/t45-,46-,50-/m0/s1. The van der Waals surface area contributed by atoms with Gasteiger partial charge in [0.15, 0.2) is 0 Å². The predicted molar refractivity (Wildman–Crippen MR) is 273 cm³/mol. The lowest BCUT2D eigenvalue weighted by Gasteiger charge is -2.36. The quantitative estimate of drug-likeness (QED) is 0.0791. The number of hydrazine groups is 1. The molecule has 1 saturated heterocycles. The van der Waals surface area contributed by atoms with Gasteiger partial charge < -0.3 is 33.7 Å². The van der Waals surface area contributed by atoms with E-state index in [2.05, 4.69) is 87.4 Å². The summed E-state index contributed by atoms with van der Waals surface area (Å²) >= 11 is 0. The number of amides is 3. The molecule has 3 atom stereocenters. The Morgan fingerprint density at radius 3 is 2.56 bits per heavy atom. The van der Waals surface area contributed by atoms with Crippen molar-refractivity contribution in [3.63, 3.8) is 0 Å². The number of hydrogen-bond donors (Lipinski definition) is 2. The third-order valence-electron chi connectivity index (χ3n) is 13.3. The summed E-state index contributed by atoms with van der Waals surface area (Å²) in [6.45, 7) is 12.0. The van der Waals surface area contributed by atoms with Crippen molar-refractivity contribution in [2.75, 3.05) is 48.1 Å². The van der Waals surface area contributed by atoms with Crippen molar-refractivity contribution < 1.29 is 38.1 Å². The Bertz CT molecular complexity index is 2800. The zero-order valence-corrected chi connectivity index (χ0v) is 42.5. The maximum Gasteiger partial charge on any atom is 0.324 e. The van der Waals surface area contributed by atoms with E-state index in [1.165, 1.54) is 9.91 Å². The van der Waals surface area contributed by atoms with Gasteiger partial charge in [-0.15, -0.1) is 0 Å². The number of nitrogens with one attached hydrogen (secondary N) is 2. The number of benzene rings is 3. The molecule has 0 radical (unpaired) electrons. The van der Waals surface area contributed by atoms with E-state index in [0.717, 1.165) is 55.5 Å². The second-order valence-electron chi connectivity index (χ2n) is 19.4. The fourth-order valence-corrected chi connectivity index (χ4v) is 9.72. The van der Waals surface area contributed by atoms with Crippen LogP contribution in [0.5, 0.6) is 11.5 Å². The van der Waals surface area contributed by atoms with Crippen LogP contribution in [-0.4, -0.2) is 115 Å². The predicted octanol–water partition coefficient (Wildman–Crippen LogP) is 7.45. The smallest absolute Gasteiger partial charge is 0.324 e. The molecule has 16 nitrogen and oxygen atoms in total. The van der Waals surface area contributed by atoms with Gasteiger partial charge in [-0.25, -0.2) is 15.4 Å². The van der Waals surface area contributed by atoms with Crippen molar-refractivity contribution in [1.82, 2.24) is 30.2 Å². The largest absolute Gasteiger partial charge is 0.497 e. The molecule has 0 saturated carbocycles. The van der Waals surface area contributed by atoms with Gasteiger partial charge in [0.25, 0.3) is 5.91 Å². The molecule has 2 aliphatic rings. The van der Waals surface area contributed by atoms with Gasteiger partial charge in [0.1, 0.15) is 29.6 Å². The van der Waals surface area contributed by atoms with Gasteiger partial charge in [0.2, 0.25) is 11.8 Å². The van der Waals surface area contributed by atoms with Crippen molar-refractivity contribution in [3.05, 3.63) is 101 Å². The molecule has 16 heteroatoms. The van der Waals surface area contributed by atoms with Crippen LogP contribution in [-0.2, 0) is 61.2 Å². The molecule has 2 aromatic heterocycles. The lowest BCUT2D eigenvalue weighted by atomic mass is 9.84. The van der Waals surface area contributed by atoms with E-state index in [1.807, 2.05) is 50.4 Å². The second kappa shape index (κ2) is 23.4. The number of pyridine rings is 1. The zero-order valence-electron chi connectivity index (χ0n) is 42.5. The first-order valence-corrected chi connectivity index (χ1v) is 24.4. The number of ether oxygens (including phenoxy) is 4. The highest BCUT2D eigenvalue weighted by Crippen LogP contribution is 2.41. The number of methoxy groups -OCH3 is 3. The molecular formula is C55H68N8O8. The Balaban J connectivity index is 1.18. The summed E-state index contributed by atoms with van der Waals surface area (Å²) in [7, 11) is 6.44. The third-order valence-corrected chi connectivity index (χ3v) is 13.3. The Hall–Kier alpha value is -6.87. The average Bonchev–Trinajstić information content (AvgIpc) is 3.67. The number of carbonyl (C=O) groups is 4. The maximum absolute atomic E-state index is 14.7. The summed E-state index contributed by atoms with van der Waals surface area (Å²) in [6.07, 6.45) is 5.46. The topological polar surface area (TPSA) is 178 Å². The van der Waals surface area contributed by atoms with Crippen molar-refractivity contribution in [3.8, 4) is 33.9 Å². The van der Waals surface area contributed by atoms with E-state index in [1.54, 1.807) is 40.6 Å². The number of aliphatic imine (C=N–C) groups is 2. The highest BCUT2D eigenvalue weighted by Gasteiger charge is 2.37. The lowest BCUT2D eigenvalue weighted by molar-refractivity contribution is -0.155. The summed E-state index contributed by atoms with van der Waals surface area (Å²) in [4.78, 5) is 71.2. The van der Waals surface area contributed by atoms with Crippen LogP contribution in [0, 0.1) is 11.3 Å². The number of esters is 1. The molecular weight excluding hydrogens is 901 g/mol. The molecule has 0 aliphatic carbocycles. The Labute approximate surface area is 416 Å². The van der Waals surface area contributed by atoms with Gasteiger partial charge in [0.05, 0.1) is 52.2 Å². The SMILES string of the molecule is CCn1c(-c2cnccc2COC)c2c3cc(ccc31)-c1cccc(c1)C[C@H](NC(=O)[C@H](C(C)C)N(C)C(=O)CCN=C=NCc1ccc(OC)cc1OC)C(=O)N1CCC[C@H](N1)C(=O)OCC(C)(C)C2. The highest BCUT2D eigenvalue weighted by atomic mass is 16.5. The second-order valence-corrected chi connectivity index (χ2v) is 19.4. The Morgan fingerprint density at radius 2 is 1.82 bits per heavy atom. The Kier molecular flexibility index (Phi) is 17.1. The molecule has 3 aromatic carbocycles. The first-order valence-electron chi connectivity index (χ1n) is 24.4. The van der Waals surface area contributed by atoms with E-state index in [4.69, 9.17) is 18.9 Å². The molecule has 3 amide bonds. The number of aromatic nitrogens is 2. The van der Waals surface area contributed by atoms with Gasteiger partial charge in [0, 0.05) is 86.0 Å². The van der Waals surface area contributed by atoms with Crippen LogP contribution in [0.2, 0.25) is 0 Å². The molecule has 0 spiro atoms. The van der Waals surface area contributed by atoms with E-state index in [0.29, 0.717) is 50.5 Å². The zero-order chi connectivity index (χ0) is 50.8. The van der Waals surface area contributed by atoms with Crippen molar-refractivity contribution >= 4 is 40.6 Å². The van der Waals surface area contributed by atoms with Crippen LogP contribution in [0.1, 0.15) is 76.1 Å². The monoisotopic (exact) mass is 969 g/mol. The van der Waals surface area contributed by atoms with Crippen LogP contribution in [0.15, 0.2) is 89.1 Å². The van der Waals surface area contributed by atoms with Gasteiger partial charge >= 0.3 is 5.97 Å². The van der Waals surface area contributed by atoms with Crippen LogP contribution in [0.4, 0.5) is 0 Å². The van der Waals surface area contributed by atoms with Gasteiger partial charge in [-0.05, 0) is 90.3 Å². The highest BCUT2D eigenvalue weighted by molar-refractivity contribution is 5.96. The fraction of sp³-hybridized carbons (Fsp3) is 0.455. The summed E-state index contributed by atoms with van der Waals surface area (Å²) in [5.41, 5.74) is 11.5. The molecule has 1 fully saturated rings. The van der Waals surface area contributed by atoms with Crippen LogP contribution in [0.25, 0.3) is 33.3 Å². The summed E-state index contributed by atoms with van der Waals surface area (Å²) in [5, 5.41) is 5.57. The number of hydrogen-bond acceptors (Lipinski definition) is 12. The van der Waals surface area contributed by atoms with Crippen molar-refractivity contribution in [1.29, 1.82) is 0 Å². The minimum absolute atomic E-state index is 0.0129. The number of likely N-dealkylation sites (N-methyl/N-ethyl adjacent to an activating group) is 1. The number of fused-ring (bicyclic) bond motifs is 6. The van der Waals surface area contributed by atoms with Crippen molar-refractivity contribution in [2.45, 2.75) is 105 Å². The van der Waals surface area contributed by atoms with E-state index in [9.17, 15) is 19.2 Å². The fourth-order valence-electron chi connectivity index (χ4n) is 9.72. The van der Waals surface area contributed by atoms with E-state index in [-0.39, 0.29) is 44.4 Å². The number of cyclic esters (lactones) is 1. The normalized spacial score (nSPS) is 17.4. The first-order chi connectivity index (χ1) is 34.2. The molecule has 71 heavy (non-hydrogen) atoms. The van der Waals surface area contributed by atoms with Gasteiger partial charge in [-0.3, -0.25) is 29.2 Å². The maximum atomic E-state index is 14.7. The summed E-state index contributed by atoms with van der Waals surface area (Å²) in [6, 6.07) is 21.9. The average molecular weight is 969 g/mol. The molecule has 0 unspecified atom stereocenters. The number of rotatable bonds is 15. The van der Waals surface area contributed by atoms with Crippen LogP contribution < -0.4 is 20.2 Å². The van der Waals surface area contributed by atoms with Crippen LogP contribution >= 0.6 is 0 Å². The molecule has 6 bridgehead atoms. The number of nitrogens with zero attached hydrogens (tertiary/aromatic N) is 6. The van der Waals surface area contributed by atoms with Gasteiger partial charge in [-0.2, -0.15) is 0 Å². The van der Waals surface area contributed by atoms with Crippen LogP contribution in [0.3, 0.4) is 0 Å². The minimum atomic E-state index is -1.05. The molecule has 7 rings (SSSR count). The number of carbonyl (C=O) groups excluding carboxylic acids is 4. The molecule has 2 aliphatic heterocycles. The van der Waals surface area contributed by atoms with Gasteiger partial charge in [-0.1, -0.05) is 58.0 Å². The Morgan fingerprint density at radius 1 is 1.01 bits per heavy atom. The molecule has 2 N–H and O–H groups in total. The molecule has 376 valence electrons. The number of aryl methyl sites for hydroxylation is 1. The molecule has 4 heterocycles. The lowest BCUT2D eigenvalue weighted by Crippen LogP contribution is -2.62. The first kappa shape index (κ1) is 52.0. The van der Waals surface area contributed by atoms with E-state index < -0.39 is 41.3 Å². The third kappa shape index (κ3) is 12.2. The summed E-state index contributed by atoms with van der Waals surface area (Å²) < 4.78 is 24.8. The summed E-state index contributed by atoms with van der Waals surface area (Å²) in [5.74, 6) is -0.646. The minimum Gasteiger partial charge on any atom is -0.497 e.